The van der Waals surface area contributed by atoms with E-state index in [4.69, 9.17) is 5.11 Å². The molecule has 0 heterocycles. The van der Waals surface area contributed by atoms with Gasteiger partial charge in [0.25, 0.3) is 0 Å². The van der Waals surface area contributed by atoms with Crippen LogP contribution in [0.3, 0.4) is 0 Å². The van der Waals surface area contributed by atoms with E-state index < -0.39 is 5.97 Å². The summed E-state index contributed by atoms with van der Waals surface area (Å²) in [6.45, 7) is 2.17. The Morgan fingerprint density at radius 3 is 2.94 bits per heavy atom. The lowest BCUT2D eigenvalue weighted by atomic mass is 9.92. The Morgan fingerprint density at radius 1 is 1.39 bits per heavy atom. The molecule has 0 saturated heterocycles. The molecule has 0 spiro atoms. The van der Waals surface area contributed by atoms with E-state index in [0.717, 1.165) is 24.7 Å². The molecule has 0 bridgehead atoms. The number of rotatable bonds is 7. The summed E-state index contributed by atoms with van der Waals surface area (Å²) in [7, 11) is 0. The maximum absolute atomic E-state index is 10.3. The van der Waals surface area contributed by atoms with Crippen molar-refractivity contribution >= 4 is 5.97 Å². The van der Waals surface area contributed by atoms with E-state index in [1.54, 1.807) is 0 Å². The highest BCUT2D eigenvalue weighted by Crippen LogP contribution is 2.35. The fourth-order valence-electron chi connectivity index (χ4n) is 2.50. The van der Waals surface area contributed by atoms with Crippen LogP contribution in [0.25, 0.3) is 0 Å². The van der Waals surface area contributed by atoms with E-state index in [2.05, 4.69) is 30.9 Å². The van der Waals surface area contributed by atoms with Crippen LogP contribution >= 0.6 is 0 Å². The first-order valence-corrected chi connectivity index (χ1v) is 7.02. The van der Waals surface area contributed by atoms with E-state index >= 15 is 0 Å². The average Bonchev–Trinajstić information content (AvgIpc) is 2.78. The molecule has 0 aliphatic heterocycles. The highest BCUT2D eigenvalue weighted by Gasteiger charge is 2.23. The molecule has 1 saturated carbocycles. The Kier molecular flexibility index (Phi) is 7.20. The van der Waals surface area contributed by atoms with Crippen molar-refractivity contribution in [2.45, 2.75) is 51.9 Å². The van der Waals surface area contributed by atoms with Crippen LogP contribution in [0.2, 0.25) is 0 Å². The normalized spacial score (nSPS) is 22.9. The molecule has 18 heavy (non-hydrogen) atoms. The van der Waals surface area contributed by atoms with Gasteiger partial charge in [-0.05, 0) is 56.1 Å². The van der Waals surface area contributed by atoms with E-state index in [-0.39, 0.29) is 6.42 Å². The smallest absolute Gasteiger partial charge is 0.303 e. The van der Waals surface area contributed by atoms with Gasteiger partial charge in [-0.25, -0.2) is 0 Å². The number of hydrogen-bond donors (Lipinski definition) is 1. The third kappa shape index (κ3) is 5.88. The highest BCUT2D eigenvalue weighted by atomic mass is 16.4. The molecule has 0 aromatic heterocycles. The first-order chi connectivity index (χ1) is 8.74. The topological polar surface area (TPSA) is 37.3 Å². The van der Waals surface area contributed by atoms with Crippen molar-refractivity contribution in [1.82, 2.24) is 0 Å². The van der Waals surface area contributed by atoms with Crippen molar-refractivity contribution in [3.63, 3.8) is 0 Å². The summed E-state index contributed by atoms with van der Waals surface area (Å²) < 4.78 is 0. The van der Waals surface area contributed by atoms with Gasteiger partial charge < -0.3 is 5.11 Å². The summed E-state index contributed by atoms with van der Waals surface area (Å²) in [5.41, 5.74) is 3.11. The SMILES string of the molecule is CC/C=C/[C@H]1CCC[C@@H]1CC=C=CCCC(=O)O. The maximum Gasteiger partial charge on any atom is 0.303 e. The quantitative estimate of drug-likeness (QED) is 0.537. The predicted octanol–water partition coefficient (Wildman–Crippen LogP) is 4.34. The van der Waals surface area contributed by atoms with Gasteiger partial charge in [0.2, 0.25) is 0 Å². The zero-order chi connectivity index (χ0) is 13.2. The number of hydrogen-bond acceptors (Lipinski definition) is 1. The number of allylic oxidation sites excluding steroid dienone is 3. The van der Waals surface area contributed by atoms with Gasteiger partial charge in [-0.1, -0.05) is 25.5 Å². The summed E-state index contributed by atoms with van der Waals surface area (Å²) in [5.74, 6) is 0.754. The Bertz CT molecular complexity index is 335. The van der Waals surface area contributed by atoms with Crippen LogP contribution in [-0.2, 0) is 4.79 Å². The van der Waals surface area contributed by atoms with E-state index in [1.165, 1.54) is 19.3 Å². The van der Waals surface area contributed by atoms with Crippen LogP contribution in [0, 0.1) is 11.8 Å². The van der Waals surface area contributed by atoms with Crippen LogP contribution in [0.5, 0.6) is 0 Å². The van der Waals surface area contributed by atoms with Crippen LogP contribution < -0.4 is 0 Å². The van der Waals surface area contributed by atoms with Gasteiger partial charge in [0.15, 0.2) is 0 Å². The number of carboxylic acid groups (broad SMARTS) is 1. The van der Waals surface area contributed by atoms with Crippen LogP contribution in [-0.4, -0.2) is 11.1 Å². The molecule has 0 unspecified atom stereocenters. The molecule has 1 N–H and O–H groups in total. The second-order valence-electron chi connectivity index (χ2n) is 4.93. The van der Waals surface area contributed by atoms with Crippen molar-refractivity contribution in [1.29, 1.82) is 0 Å². The zero-order valence-corrected chi connectivity index (χ0v) is 11.3. The molecular formula is C16H24O2. The Hall–Kier alpha value is -1.27. The molecule has 1 rings (SSSR count). The molecule has 1 aliphatic carbocycles. The Morgan fingerprint density at radius 2 is 2.22 bits per heavy atom. The number of carbonyl (C=O) groups is 1. The molecular weight excluding hydrogens is 224 g/mol. The molecule has 100 valence electrons. The van der Waals surface area contributed by atoms with Crippen LogP contribution in [0.15, 0.2) is 30.0 Å². The third-order valence-electron chi connectivity index (χ3n) is 3.50. The van der Waals surface area contributed by atoms with Crippen molar-refractivity contribution in [3.05, 3.63) is 30.0 Å². The molecule has 0 amide bonds. The summed E-state index contributed by atoms with van der Waals surface area (Å²) in [5, 5.41) is 8.49. The minimum Gasteiger partial charge on any atom is -0.481 e. The zero-order valence-electron chi connectivity index (χ0n) is 11.3. The van der Waals surface area contributed by atoms with Gasteiger partial charge in [0, 0.05) is 6.42 Å². The van der Waals surface area contributed by atoms with E-state index in [0.29, 0.717) is 6.42 Å². The minimum atomic E-state index is -0.742. The lowest BCUT2D eigenvalue weighted by molar-refractivity contribution is -0.136. The van der Waals surface area contributed by atoms with Crippen LogP contribution in [0.4, 0.5) is 0 Å². The fraction of sp³-hybridized carbons (Fsp3) is 0.625. The average molecular weight is 248 g/mol. The van der Waals surface area contributed by atoms with Gasteiger partial charge in [-0.15, -0.1) is 5.73 Å². The summed E-state index contributed by atoms with van der Waals surface area (Å²) >= 11 is 0. The largest absolute Gasteiger partial charge is 0.481 e. The Balaban J connectivity index is 2.30. The molecule has 2 nitrogen and oxygen atoms in total. The molecule has 1 fully saturated rings. The molecule has 0 aromatic rings. The van der Waals surface area contributed by atoms with Gasteiger partial charge >= 0.3 is 5.97 Å². The van der Waals surface area contributed by atoms with Crippen molar-refractivity contribution in [3.8, 4) is 0 Å². The second kappa shape index (κ2) is 8.77. The van der Waals surface area contributed by atoms with Crippen molar-refractivity contribution < 1.29 is 9.90 Å². The summed E-state index contributed by atoms with van der Waals surface area (Å²) in [6.07, 6.45) is 15.5. The van der Waals surface area contributed by atoms with Gasteiger partial charge in [-0.3, -0.25) is 4.79 Å². The lowest BCUT2D eigenvalue weighted by Gasteiger charge is -2.13. The summed E-state index contributed by atoms with van der Waals surface area (Å²) in [4.78, 5) is 10.3. The minimum absolute atomic E-state index is 0.201. The Labute approximate surface area is 110 Å². The molecule has 1 aliphatic rings. The third-order valence-corrected chi connectivity index (χ3v) is 3.50. The second-order valence-corrected chi connectivity index (χ2v) is 4.93. The standard InChI is InChI=1S/C16H24O2/c1-2-3-9-14-11-8-12-15(14)10-6-4-5-7-13-16(17)18/h3,5-6,9,14-15H,2,7-8,10-13H2,1H3,(H,17,18)/b9-3+/t4?,14-,15-/m0/s1. The molecule has 2 atom stereocenters. The number of aliphatic carboxylic acids is 1. The fourth-order valence-corrected chi connectivity index (χ4v) is 2.50. The van der Waals surface area contributed by atoms with E-state index in [9.17, 15) is 4.79 Å². The van der Waals surface area contributed by atoms with Crippen molar-refractivity contribution in [2.75, 3.05) is 0 Å². The number of carboxylic acids is 1. The lowest BCUT2D eigenvalue weighted by Crippen LogP contribution is -2.03. The summed E-state index contributed by atoms with van der Waals surface area (Å²) in [6, 6.07) is 0. The van der Waals surface area contributed by atoms with Crippen molar-refractivity contribution in [2.24, 2.45) is 11.8 Å². The van der Waals surface area contributed by atoms with Gasteiger partial charge in [0.05, 0.1) is 0 Å². The molecule has 2 heteroatoms. The van der Waals surface area contributed by atoms with Gasteiger partial charge in [0.1, 0.15) is 0 Å². The first-order valence-electron chi connectivity index (χ1n) is 7.02. The van der Waals surface area contributed by atoms with Crippen LogP contribution in [0.1, 0.15) is 51.9 Å². The maximum atomic E-state index is 10.3. The monoisotopic (exact) mass is 248 g/mol. The van der Waals surface area contributed by atoms with Gasteiger partial charge in [-0.2, -0.15) is 0 Å². The molecule has 0 aromatic carbocycles. The highest BCUT2D eigenvalue weighted by molar-refractivity contribution is 5.66. The van der Waals surface area contributed by atoms with E-state index in [1.807, 2.05) is 6.08 Å². The predicted molar refractivity (Wildman–Crippen MR) is 74.4 cm³/mol. The molecule has 0 radical (unpaired) electrons. The first kappa shape index (κ1) is 14.8.